The van der Waals surface area contributed by atoms with E-state index in [-0.39, 0.29) is 29.7 Å². The summed E-state index contributed by atoms with van der Waals surface area (Å²) in [6.45, 7) is 9.91. The lowest BCUT2D eigenvalue weighted by atomic mass is 9.91. The summed E-state index contributed by atoms with van der Waals surface area (Å²) >= 11 is 0. The minimum Gasteiger partial charge on any atom is -0.492 e. The zero-order chi connectivity index (χ0) is 30.1. The van der Waals surface area contributed by atoms with Crippen LogP contribution in [0.2, 0.25) is 0 Å². The van der Waals surface area contributed by atoms with Crippen molar-refractivity contribution in [1.29, 1.82) is 0 Å². The van der Waals surface area contributed by atoms with Crippen molar-refractivity contribution in [2.75, 3.05) is 20.2 Å². The Morgan fingerprint density at radius 2 is 1.56 bits per heavy atom. The molecule has 1 aliphatic rings. The van der Waals surface area contributed by atoms with Gasteiger partial charge in [-0.3, -0.25) is 14.4 Å². The van der Waals surface area contributed by atoms with Crippen LogP contribution in [-0.4, -0.2) is 78.2 Å². The molecule has 3 amide bonds. The molecule has 41 heavy (non-hydrogen) atoms. The number of benzene rings is 2. The first-order chi connectivity index (χ1) is 19.5. The number of carbonyl (C=O) groups is 3. The smallest absolute Gasteiger partial charge is 0.246 e. The van der Waals surface area contributed by atoms with Gasteiger partial charge >= 0.3 is 0 Å². The average molecular weight is 567 g/mol. The third-order valence-electron chi connectivity index (χ3n) is 7.76. The number of aryl methyl sites for hydroxylation is 1. The summed E-state index contributed by atoms with van der Waals surface area (Å²) in [7, 11) is 1.51. The summed E-state index contributed by atoms with van der Waals surface area (Å²) in [4.78, 5) is 42.3. The van der Waals surface area contributed by atoms with Crippen LogP contribution < -0.4 is 20.7 Å². The lowest BCUT2D eigenvalue weighted by Crippen LogP contribution is -2.61. The molecule has 9 nitrogen and oxygen atoms in total. The van der Waals surface area contributed by atoms with E-state index in [0.717, 1.165) is 16.9 Å². The van der Waals surface area contributed by atoms with E-state index >= 15 is 0 Å². The van der Waals surface area contributed by atoms with Gasteiger partial charge in [0.25, 0.3) is 0 Å². The van der Waals surface area contributed by atoms with Gasteiger partial charge in [-0.25, -0.2) is 0 Å². The van der Waals surface area contributed by atoms with Gasteiger partial charge in [-0.2, -0.15) is 0 Å². The number of fused-ring (bicyclic) bond motifs is 1. The molecule has 4 N–H and O–H groups in total. The Morgan fingerprint density at radius 1 is 0.902 bits per heavy atom. The van der Waals surface area contributed by atoms with Gasteiger partial charge in [0.05, 0.1) is 12.1 Å². The van der Waals surface area contributed by atoms with E-state index in [4.69, 9.17) is 4.74 Å². The fourth-order valence-electron chi connectivity index (χ4n) is 5.29. The van der Waals surface area contributed by atoms with E-state index in [1.807, 2.05) is 82.3 Å². The Bertz CT molecular complexity index is 1160. The Morgan fingerprint density at radius 3 is 2.22 bits per heavy atom. The average Bonchev–Trinajstić information content (AvgIpc) is 2.94. The Kier molecular flexibility index (Phi) is 11.7. The van der Waals surface area contributed by atoms with Gasteiger partial charge < -0.3 is 30.7 Å². The number of ether oxygens (including phenoxy) is 1. The maximum absolute atomic E-state index is 13.7. The molecule has 9 heteroatoms. The molecule has 1 heterocycles. The molecule has 0 saturated heterocycles. The number of para-hydroxylation sites is 1. The summed E-state index contributed by atoms with van der Waals surface area (Å²) in [5.74, 6) is -0.921. The highest BCUT2D eigenvalue weighted by atomic mass is 16.5. The second-order valence-electron chi connectivity index (χ2n) is 11.4. The van der Waals surface area contributed by atoms with Crippen LogP contribution in [0.5, 0.6) is 5.75 Å². The lowest BCUT2D eigenvalue weighted by molar-refractivity contribution is -0.146. The normalized spacial score (nSPS) is 25.2. The monoisotopic (exact) mass is 566 g/mol. The molecule has 0 fully saturated rings. The highest BCUT2D eigenvalue weighted by Gasteiger charge is 2.38. The fourth-order valence-corrected chi connectivity index (χ4v) is 5.29. The standard InChI is InChI=1S/C32H46N4O5/c1-20(2)27-32(40)36(6)29(23(5)37)31(39)35-28(22(4)24-12-8-7-9-13-24)30(38)34-21(3)16-17-25-14-10-11-15-26(25)41-19-18-33-27/h7-15,20-23,27-29,33,37H,16-19H2,1-6H3,(H,34,38)(H,35,39)/t21-,22-,23?,27+,28-,29+/m1/s1. The molecule has 0 radical (unpaired) electrons. The number of nitrogens with zero attached hydrogens (tertiary/aromatic N) is 1. The zero-order valence-electron chi connectivity index (χ0n) is 25.1. The quantitative estimate of drug-likeness (QED) is 0.452. The molecule has 0 aliphatic carbocycles. The van der Waals surface area contributed by atoms with Crippen molar-refractivity contribution < 1.29 is 24.2 Å². The van der Waals surface area contributed by atoms with Crippen molar-refractivity contribution in [3.8, 4) is 5.75 Å². The lowest BCUT2D eigenvalue weighted by Gasteiger charge is -2.35. The third-order valence-corrected chi connectivity index (χ3v) is 7.76. The first-order valence-electron chi connectivity index (χ1n) is 14.6. The van der Waals surface area contributed by atoms with Crippen LogP contribution >= 0.6 is 0 Å². The molecule has 3 rings (SSSR count). The van der Waals surface area contributed by atoms with Gasteiger partial charge in [-0.05, 0) is 49.8 Å². The van der Waals surface area contributed by atoms with Crippen molar-refractivity contribution in [2.24, 2.45) is 5.92 Å². The number of hydrogen-bond acceptors (Lipinski definition) is 6. The van der Waals surface area contributed by atoms with E-state index in [1.54, 1.807) is 0 Å². The molecule has 1 unspecified atom stereocenters. The van der Waals surface area contributed by atoms with Crippen molar-refractivity contribution in [3.05, 3.63) is 65.7 Å². The SMILES string of the molecule is CC(C)[C@@H]1NCCOc2ccccc2CC[C@@H](C)NC(=O)[C@@H]([C@H](C)c2ccccc2)NC(=O)[C@H](C(C)O)N(C)C1=O. The van der Waals surface area contributed by atoms with Gasteiger partial charge in [0.15, 0.2) is 0 Å². The molecular formula is C32H46N4O5. The minimum absolute atomic E-state index is 0.0846. The molecule has 224 valence electrons. The number of hydrogen-bond donors (Lipinski definition) is 4. The van der Waals surface area contributed by atoms with Crippen LogP contribution in [0.25, 0.3) is 0 Å². The second-order valence-corrected chi connectivity index (χ2v) is 11.4. The van der Waals surface area contributed by atoms with Crippen LogP contribution in [0.4, 0.5) is 0 Å². The number of amides is 3. The zero-order valence-corrected chi connectivity index (χ0v) is 25.1. The Balaban J connectivity index is 1.98. The Hall–Kier alpha value is -3.43. The van der Waals surface area contributed by atoms with Crippen LogP contribution in [0, 0.1) is 5.92 Å². The number of aliphatic hydroxyl groups is 1. The molecule has 2 aromatic carbocycles. The molecular weight excluding hydrogens is 520 g/mol. The van der Waals surface area contributed by atoms with Crippen LogP contribution in [-0.2, 0) is 20.8 Å². The maximum Gasteiger partial charge on any atom is 0.246 e. The first-order valence-corrected chi connectivity index (χ1v) is 14.6. The van der Waals surface area contributed by atoms with Crippen molar-refractivity contribution in [2.45, 2.75) is 83.6 Å². The van der Waals surface area contributed by atoms with Gasteiger partial charge in [0.2, 0.25) is 17.7 Å². The molecule has 0 saturated carbocycles. The molecule has 0 bridgehead atoms. The second kappa shape index (κ2) is 15.0. The van der Waals surface area contributed by atoms with Gasteiger partial charge in [0, 0.05) is 25.6 Å². The van der Waals surface area contributed by atoms with E-state index in [2.05, 4.69) is 16.0 Å². The summed E-state index contributed by atoms with van der Waals surface area (Å²) in [6.07, 6.45) is 0.198. The van der Waals surface area contributed by atoms with Gasteiger partial charge in [-0.15, -0.1) is 0 Å². The van der Waals surface area contributed by atoms with Gasteiger partial charge in [-0.1, -0.05) is 69.3 Å². The summed E-state index contributed by atoms with van der Waals surface area (Å²) in [5.41, 5.74) is 1.92. The van der Waals surface area contributed by atoms with E-state index in [1.165, 1.54) is 18.9 Å². The van der Waals surface area contributed by atoms with Crippen molar-refractivity contribution in [3.63, 3.8) is 0 Å². The van der Waals surface area contributed by atoms with E-state index in [0.29, 0.717) is 26.0 Å². The van der Waals surface area contributed by atoms with E-state index < -0.39 is 30.1 Å². The predicted molar refractivity (Wildman–Crippen MR) is 160 cm³/mol. The first kappa shape index (κ1) is 32.1. The maximum atomic E-state index is 13.7. The molecule has 0 aromatic heterocycles. The molecule has 0 spiro atoms. The Labute approximate surface area is 244 Å². The third kappa shape index (κ3) is 8.53. The van der Waals surface area contributed by atoms with Crippen LogP contribution in [0.3, 0.4) is 0 Å². The topological polar surface area (TPSA) is 120 Å². The molecule has 2 aromatic rings. The number of rotatable bonds is 4. The number of carbonyl (C=O) groups excluding carboxylic acids is 3. The van der Waals surface area contributed by atoms with Crippen LogP contribution in [0.1, 0.15) is 58.1 Å². The number of likely N-dealkylation sites (N-methyl/N-ethyl adjacent to an activating group) is 1. The number of aliphatic hydroxyl groups excluding tert-OH is 1. The molecule has 1 aliphatic heterocycles. The van der Waals surface area contributed by atoms with Crippen LogP contribution in [0.15, 0.2) is 54.6 Å². The number of nitrogens with one attached hydrogen (secondary N) is 3. The highest BCUT2D eigenvalue weighted by molar-refractivity contribution is 5.94. The van der Waals surface area contributed by atoms with Gasteiger partial charge in [0.1, 0.15) is 24.4 Å². The highest BCUT2D eigenvalue weighted by Crippen LogP contribution is 2.22. The fraction of sp³-hybridized carbons (Fsp3) is 0.531. The largest absolute Gasteiger partial charge is 0.492 e. The van der Waals surface area contributed by atoms with E-state index in [9.17, 15) is 19.5 Å². The summed E-state index contributed by atoms with van der Waals surface area (Å²) in [6, 6.07) is 14.4. The minimum atomic E-state index is -1.19. The summed E-state index contributed by atoms with van der Waals surface area (Å²) < 4.78 is 6.07. The van der Waals surface area contributed by atoms with Crippen molar-refractivity contribution in [1.82, 2.24) is 20.9 Å². The van der Waals surface area contributed by atoms with Crippen molar-refractivity contribution >= 4 is 17.7 Å². The predicted octanol–water partition coefficient (Wildman–Crippen LogP) is 2.63. The summed E-state index contributed by atoms with van der Waals surface area (Å²) in [5, 5.41) is 19.9. The molecule has 6 atom stereocenters.